The van der Waals surface area contributed by atoms with E-state index in [1.54, 1.807) is 0 Å². The smallest absolute Gasteiger partial charge is 0.189 e. The van der Waals surface area contributed by atoms with Gasteiger partial charge in [0.15, 0.2) is 5.78 Å². The Morgan fingerprint density at radius 2 is 1.67 bits per heavy atom. The van der Waals surface area contributed by atoms with Crippen LogP contribution < -0.4 is 10.6 Å². The van der Waals surface area contributed by atoms with Crippen LogP contribution in [0.5, 0.6) is 0 Å². The topological polar surface area (TPSA) is 47.5 Å². The number of Topliss-reactive ketones (excluding diaryl/α,β-unsaturated/α-hetero) is 1. The minimum absolute atomic E-state index is 0.188. The molecule has 3 unspecified atom stereocenters. The van der Waals surface area contributed by atoms with E-state index in [4.69, 9.17) is 5.73 Å². The Labute approximate surface area is 111 Å². The zero-order valence-corrected chi connectivity index (χ0v) is 12.0. The van der Waals surface area contributed by atoms with Crippen LogP contribution in [0.3, 0.4) is 0 Å². The van der Waals surface area contributed by atoms with E-state index in [1.165, 1.54) is 24.2 Å². The SMILES string of the molecule is CC1CCC(C(=O)C[NH+]2CC(C)CCC2N)CC1. The van der Waals surface area contributed by atoms with Crippen molar-refractivity contribution >= 4 is 5.78 Å². The van der Waals surface area contributed by atoms with Crippen LogP contribution in [0.2, 0.25) is 0 Å². The molecule has 1 saturated carbocycles. The highest BCUT2D eigenvalue weighted by atomic mass is 16.1. The average molecular weight is 253 g/mol. The Kier molecular flexibility index (Phi) is 4.79. The number of rotatable bonds is 3. The van der Waals surface area contributed by atoms with E-state index in [0.717, 1.165) is 37.6 Å². The Morgan fingerprint density at radius 1 is 1.06 bits per heavy atom. The first-order valence-corrected chi connectivity index (χ1v) is 7.69. The summed E-state index contributed by atoms with van der Waals surface area (Å²) < 4.78 is 0. The summed E-state index contributed by atoms with van der Waals surface area (Å²) in [4.78, 5) is 13.7. The maximum atomic E-state index is 12.3. The molecule has 18 heavy (non-hydrogen) atoms. The van der Waals surface area contributed by atoms with Gasteiger partial charge in [0, 0.05) is 18.3 Å². The highest BCUT2D eigenvalue weighted by Crippen LogP contribution is 2.28. The van der Waals surface area contributed by atoms with Gasteiger partial charge in [-0.05, 0) is 25.2 Å². The van der Waals surface area contributed by atoms with Gasteiger partial charge in [0.2, 0.25) is 0 Å². The second kappa shape index (κ2) is 6.16. The molecule has 1 saturated heterocycles. The minimum atomic E-state index is 0.188. The van der Waals surface area contributed by atoms with Gasteiger partial charge in [-0.2, -0.15) is 0 Å². The van der Waals surface area contributed by atoms with Gasteiger partial charge in [-0.3, -0.25) is 10.5 Å². The summed E-state index contributed by atoms with van der Waals surface area (Å²) in [5, 5.41) is 0. The molecule has 1 heterocycles. The maximum Gasteiger partial charge on any atom is 0.189 e. The van der Waals surface area contributed by atoms with Crippen molar-refractivity contribution in [2.45, 2.75) is 58.5 Å². The van der Waals surface area contributed by atoms with Crippen LogP contribution in [0.25, 0.3) is 0 Å². The molecule has 0 radical (unpaired) electrons. The highest BCUT2D eigenvalue weighted by Gasteiger charge is 2.32. The van der Waals surface area contributed by atoms with Crippen LogP contribution in [0.15, 0.2) is 0 Å². The molecule has 0 bridgehead atoms. The molecule has 0 aromatic carbocycles. The normalized spacial score (nSPS) is 41.6. The Morgan fingerprint density at radius 3 is 2.33 bits per heavy atom. The molecule has 2 fully saturated rings. The Hall–Kier alpha value is -0.410. The molecule has 0 spiro atoms. The van der Waals surface area contributed by atoms with Crippen molar-refractivity contribution in [2.75, 3.05) is 13.1 Å². The summed E-state index contributed by atoms with van der Waals surface area (Å²) in [7, 11) is 0. The van der Waals surface area contributed by atoms with Crippen molar-refractivity contribution in [3.8, 4) is 0 Å². The lowest BCUT2D eigenvalue weighted by atomic mass is 9.80. The predicted molar refractivity (Wildman–Crippen MR) is 73.2 cm³/mol. The van der Waals surface area contributed by atoms with Gasteiger partial charge in [0.05, 0.1) is 6.54 Å². The summed E-state index contributed by atoms with van der Waals surface area (Å²) >= 11 is 0. The monoisotopic (exact) mass is 253 g/mol. The highest BCUT2D eigenvalue weighted by molar-refractivity contribution is 5.81. The van der Waals surface area contributed by atoms with E-state index < -0.39 is 0 Å². The van der Waals surface area contributed by atoms with E-state index in [2.05, 4.69) is 13.8 Å². The fraction of sp³-hybridized carbons (Fsp3) is 0.933. The lowest BCUT2D eigenvalue weighted by molar-refractivity contribution is -0.926. The van der Waals surface area contributed by atoms with Crippen LogP contribution in [-0.4, -0.2) is 25.0 Å². The fourth-order valence-electron chi connectivity index (χ4n) is 3.52. The lowest BCUT2D eigenvalue weighted by Crippen LogP contribution is -3.19. The first-order valence-electron chi connectivity index (χ1n) is 7.69. The molecule has 3 nitrogen and oxygen atoms in total. The van der Waals surface area contributed by atoms with E-state index in [9.17, 15) is 4.79 Å². The summed E-state index contributed by atoms with van der Waals surface area (Å²) in [5.74, 6) is 2.34. The molecule has 1 aliphatic heterocycles. The first kappa shape index (κ1) is 14.0. The van der Waals surface area contributed by atoms with Crippen molar-refractivity contribution in [2.24, 2.45) is 23.5 Å². The number of carbonyl (C=O) groups excluding carboxylic acids is 1. The van der Waals surface area contributed by atoms with Crippen LogP contribution in [0.1, 0.15) is 52.4 Å². The van der Waals surface area contributed by atoms with E-state index in [1.807, 2.05) is 0 Å². The second-order valence-corrected chi connectivity index (χ2v) is 6.75. The molecule has 2 rings (SSSR count). The molecule has 3 heteroatoms. The maximum absolute atomic E-state index is 12.3. The van der Waals surface area contributed by atoms with Crippen LogP contribution >= 0.6 is 0 Å². The summed E-state index contributed by atoms with van der Waals surface area (Å²) in [5.41, 5.74) is 6.15. The van der Waals surface area contributed by atoms with Gasteiger partial charge in [-0.15, -0.1) is 0 Å². The minimum Gasteiger partial charge on any atom is -0.314 e. The molecule has 3 N–H and O–H groups in total. The number of piperidine rings is 1. The average Bonchev–Trinajstić information content (AvgIpc) is 2.34. The quantitative estimate of drug-likeness (QED) is 0.788. The van der Waals surface area contributed by atoms with Crippen LogP contribution in [-0.2, 0) is 4.79 Å². The second-order valence-electron chi connectivity index (χ2n) is 6.75. The van der Waals surface area contributed by atoms with E-state index in [0.29, 0.717) is 18.2 Å². The summed E-state index contributed by atoms with van der Waals surface area (Å²) in [6.07, 6.45) is 7.16. The molecule has 3 atom stereocenters. The summed E-state index contributed by atoms with van der Waals surface area (Å²) in [6, 6.07) is 0. The third-order valence-corrected chi connectivity index (χ3v) is 4.98. The third kappa shape index (κ3) is 3.55. The van der Waals surface area contributed by atoms with E-state index >= 15 is 0 Å². The van der Waals surface area contributed by atoms with Crippen molar-refractivity contribution < 1.29 is 9.69 Å². The molecular formula is C15H29N2O+. The van der Waals surface area contributed by atoms with Crippen molar-refractivity contribution in [1.82, 2.24) is 0 Å². The lowest BCUT2D eigenvalue weighted by Gasteiger charge is -2.34. The molecule has 0 aromatic rings. The molecular weight excluding hydrogens is 224 g/mol. The van der Waals surface area contributed by atoms with Crippen LogP contribution in [0, 0.1) is 17.8 Å². The van der Waals surface area contributed by atoms with Crippen molar-refractivity contribution in [3.63, 3.8) is 0 Å². The van der Waals surface area contributed by atoms with E-state index in [-0.39, 0.29) is 6.17 Å². The number of quaternary nitrogens is 1. The number of nitrogens with two attached hydrogens (primary N) is 1. The van der Waals surface area contributed by atoms with Gasteiger partial charge < -0.3 is 4.90 Å². The van der Waals surface area contributed by atoms with Gasteiger partial charge in [0.25, 0.3) is 0 Å². The van der Waals surface area contributed by atoms with Gasteiger partial charge >= 0.3 is 0 Å². The largest absolute Gasteiger partial charge is 0.314 e. The molecule has 1 aliphatic carbocycles. The standard InChI is InChI=1S/C15H28N2O/c1-11-3-6-13(7-4-11)14(18)10-17-9-12(2)5-8-15(17)16/h11-13,15H,3-10,16H2,1-2H3/p+1. The molecule has 0 amide bonds. The Balaban J connectivity index is 1.82. The number of nitrogens with one attached hydrogen (secondary N) is 1. The van der Waals surface area contributed by atoms with Crippen LogP contribution in [0.4, 0.5) is 0 Å². The first-order chi connectivity index (χ1) is 8.56. The molecule has 2 aliphatic rings. The zero-order chi connectivity index (χ0) is 13.1. The fourth-order valence-corrected chi connectivity index (χ4v) is 3.52. The number of carbonyl (C=O) groups is 1. The van der Waals surface area contributed by atoms with Crippen molar-refractivity contribution in [1.29, 1.82) is 0 Å². The number of hydrogen-bond acceptors (Lipinski definition) is 2. The molecule has 104 valence electrons. The number of ketones is 1. The van der Waals surface area contributed by atoms with Gasteiger partial charge in [0.1, 0.15) is 12.7 Å². The molecule has 0 aromatic heterocycles. The van der Waals surface area contributed by atoms with Gasteiger partial charge in [-0.25, -0.2) is 0 Å². The zero-order valence-electron chi connectivity index (χ0n) is 12.0. The number of hydrogen-bond donors (Lipinski definition) is 2. The summed E-state index contributed by atoms with van der Waals surface area (Å²) in [6.45, 7) is 6.33. The third-order valence-electron chi connectivity index (χ3n) is 4.98. The van der Waals surface area contributed by atoms with Crippen molar-refractivity contribution in [3.05, 3.63) is 0 Å². The van der Waals surface area contributed by atoms with Gasteiger partial charge in [-0.1, -0.05) is 26.7 Å². The Bertz CT molecular complexity index is 284. The predicted octanol–water partition coefficient (Wildman–Crippen LogP) is 0.981. The number of likely N-dealkylation sites (tertiary alicyclic amines) is 1.